The van der Waals surface area contributed by atoms with Crippen molar-refractivity contribution in [3.8, 4) is 0 Å². The van der Waals surface area contributed by atoms with E-state index >= 15 is 0 Å². The molecule has 2 aliphatic rings. The molecule has 1 unspecified atom stereocenters. The lowest BCUT2D eigenvalue weighted by atomic mass is 9.82. The molecule has 0 aliphatic carbocycles. The first kappa shape index (κ1) is 30.1. The summed E-state index contributed by atoms with van der Waals surface area (Å²) in [5.41, 5.74) is 2.58. The lowest BCUT2D eigenvalue weighted by Gasteiger charge is -2.36. The van der Waals surface area contributed by atoms with Gasteiger partial charge in [0.15, 0.2) is 0 Å². The Morgan fingerprint density at radius 3 is 2.25 bits per heavy atom. The Bertz CT molecular complexity index is 1250. The summed E-state index contributed by atoms with van der Waals surface area (Å²) >= 11 is 0. The first-order valence-electron chi connectivity index (χ1n) is 14.4. The summed E-state index contributed by atoms with van der Waals surface area (Å²) in [6.45, 7) is 13.5. The van der Waals surface area contributed by atoms with Gasteiger partial charge in [-0.05, 0) is 87.3 Å². The molecule has 2 heterocycles. The molecule has 0 bridgehead atoms. The Balaban J connectivity index is 1.55. The number of hydrogen-bond acceptors (Lipinski definition) is 3. The van der Waals surface area contributed by atoms with Crippen LogP contribution in [0.5, 0.6) is 0 Å². The van der Waals surface area contributed by atoms with Crippen molar-refractivity contribution in [2.45, 2.75) is 84.2 Å². The molecule has 2 saturated heterocycles. The van der Waals surface area contributed by atoms with E-state index in [1.165, 1.54) is 19.1 Å². The quantitative estimate of drug-likeness (QED) is 0.459. The average molecular weight is 558 g/mol. The number of nitrogens with zero attached hydrogens (tertiary/aromatic N) is 2. The second kappa shape index (κ2) is 11.9. The van der Waals surface area contributed by atoms with Crippen LogP contribution in [0.1, 0.15) is 94.0 Å². The number of piperidine rings is 1. The van der Waals surface area contributed by atoms with Crippen LogP contribution in [-0.4, -0.2) is 53.3 Å². The number of aryl methyl sites for hydroxylation is 1. The van der Waals surface area contributed by atoms with Crippen LogP contribution >= 0.6 is 0 Å². The molecule has 8 heteroatoms. The fourth-order valence-corrected chi connectivity index (χ4v) is 6.38. The van der Waals surface area contributed by atoms with Gasteiger partial charge in [0, 0.05) is 50.6 Å². The number of carbonyl (C=O) groups is 2. The van der Waals surface area contributed by atoms with Crippen LogP contribution in [0, 0.1) is 30.3 Å². The van der Waals surface area contributed by atoms with Gasteiger partial charge in [-0.1, -0.05) is 19.1 Å². The third-order valence-electron chi connectivity index (χ3n) is 8.72. The second-order valence-corrected chi connectivity index (χ2v) is 12.4. The van der Waals surface area contributed by atoms with Gasteiger partial charge in [0.1, 0.15) is 17.5 Å². The molecule has 4 rings (SSSR count). The normalized spacial score (nSPS) is 21.5. The van der Waals surface area contributed by atoms with Crippen molar-refractivity contribution in [2.24, 2.45) is 5.92 Å². The number of carbonyl (C=O) groups excluding carboxylic acids is 2. The molecule has 40 heavy (non-hydrogen) atoms. The van der Waals surface area contributed by atoms with Crippen LogP contribution in [0.15, 0.2) is 30.3 Å². The Morgan fingerprint density at radius 1 is 1.00 bits per heavy atom. The van der Waals surface area contributed by atoms with Crippen LogP contribution in [-0.2, 0) is 9.59 Å². The Labute approximate surface area is 236 Å². The SMILES string of the molecule is CC[C@@H](NC(C)=O)c1cc(F)c(C)cc1C1CCN(C(=O)C2CN(C(C)(C)C)C[C@H]2c2ccc(F)cc2F)CC1. The molecule has 2 aromatic carbocycles. The molecule has 2 aromatic rings. The Morgan fingerprint density at radius 2 is 1.68 bits per heavy atom. The minimum absolute atomic E-state index is 0.000818. The summed E-state index contributed by atoms with van der Waals surface area (Å²) in [7, 11) is 0. The van der Waals surface area contributed by atoms with E-state index in [1.54, 1.807) is 13.0 Å². The Kier molecular flexibility index (Phi) is 8.98. The van der Waals surface area contributed by atoms with Crippen molar-refractivity contribution >= 4 is 11.8 Å². The summed E-state index contributed by atoms with van der Waals surface area (Å²) in [6, 6.07) is 6.80. The highest BCUT2D eigenvalue weighted by Gasteiger charge is 2.45. The molecule has 0 aromatic heterocycles. The standard InChI is InChI=1S/C32H42F3N3O2/c1-7-30(36-20(3)39)25-16-28(34)19(2)14-24(25)21-10-12-37(13-11-21)31(40)27-18-38(32(4,5)6)17-26(27)23-9-8-22(33)15-29(23)35/h8-9,14-16,21,26-27,30H,7,10-13,17-18H2,1-6H3,(H,36,39)/t26-,27?,30+/m0/s1. The molecule has 1 N–H and O–H groups in total. The summed E-state index contributed by atoms with van der Waals surface area (Å²) < 4.78 is 43.2. The van der Waals surface area contributed by atoms with Gasteiger partial charge >= 0.3 is 0 Å². The van der Waals surface area contributed by atoms with Gasteiger partial charge in [-0.25, -0.2) is 13.2 Å². The van der Waals surface area contributed by atoms with Crippen molar-refractivity contribution in [3.63, 3.8) is 0 Å². The molecule has 2 amide bonds. The van der Waals surface area contributed by atoms with Gasteiger partial charge in [-0.15, -0.1) is 0 Å². The number of halogens is 3. The lowest BCUT2D eigenvalue weighted by molar-refractivity contribution is -0.136. The second-order valence-electron chi connectivity index (χ2n) is 12.4. The third-order valence-corrected chi connectivity index (χ3v) is 8.72. The molecular formula is C32H42F3N3O2. The van der Waals surface area contributed by atoms with Gasteiger partial charge in [-0.2, -0.15) is 0 Å². The predicted octanol–water partition coefficient (Wildman–Crippen LogP) is 6.22. The summed E-state index contributed by atoms with van der Waals surface area (Å²) in [5, 5.41) is 2.95. The van der Waals surface area contributed by atoms with Crippen molar-refractivity contribution in [1.82, 2.24) is 15.1 Å². The van der Waals surface area contributed by atoms with Crippen LogP contribution in [0.4, 0.5) is 13.2 Å². The molecule has 2 aliphatic heterocycles. The van der Waals surface area contributed by atoms with E-state index in [1.807, 2.05) is 17.9 Å². The monoisotopic (exact) mass is 557 g/mol. The molecule has 218 valence electrons. The highest BCUT2D eigenvalue weighted by Crippen LogP contribution is 2.40. The summed E-state index contributed by atoms with van der Waals surface area (Å²) in [6.07, 6.45) is 2.07. The van der Waals surface area contributed by atoms with Gasteiger partial charge in [0.2, 0.25) is 11.8 Å². The third kappa shape index (κ3) is 6.37. The maximum absolute atomic E-state index is 14.9. The number of likely N-dealkylation sites (tertiary alicyclic amines) is 2. The van der Waals surface area contributed by atoms with Crippen molar-refractivity contribution < 1.29 is 22.8 Å². The minimum atomic E-state index is -0.629. The highest BCUT2D eigenvalue weighted by atomic mass is 19.1. The van der Waals surface area contributed by atoms with E-state index < -0.39 is 17.6 Å². The van der Waals surface area contributed by atoms with Crippen LogP contribution in [0.3, 0.4) is 0 Å². The summed E-state index contributed by atoms with van der Waals surface area (Å²) in [4.78, 5) is 29.8. The maximum Gasteiger partial charge on any atom is 0.227 e. The fraction of sp³-hybridized carbons (Fsp3) is 0.562. The molecule has 3 atom stereocenters. The van der Waals surface area contributed by atoms with Gasteiger partial charge in [0.25, 0.3) is 0 Å². The van der Waals surface area contributed by atoms with Gasteiger partial charge in [0.05, 0.1) is 12.0 Å². The molecule has 0 spiro atoms. The molecule has 0 radical (unpaired) electrons. The van der Waals surface area contributed by atoms with E-state index in [0.29, 0.717) is 56.6 Å². The predicted molar refractivity (Wildman–Crippen MR) is 150 cm³/mol. The van der Waals surface area contributed by atoms with E-state index in [0.717, 1.165) is 17.2 Å². The minimum Gasteiger partial charge on any atom is -0.350 e. The number of amides is 2. The zero-order valence-corrected chi connectivity index (χ0v) is 24.5. The molecular weight excluding hydrogens is 515 g/mol. The van der Waals surface area contributed by atoms with Crippen LogP contribution in [0.25, 0.3) is 0 Å². The van der Waals surface area contributed by atoms with Crippen LogP contribution < -0.4 is 5.32 Å². The Hall–Kier alpha value is -2.87. The first-order valence-corrected chi connectivity index (χ1v) is 14.4. The number of rotatable bonds is 6. The van der Waals surface area contributed by atoms with Gasteiger partial charge < -0.3 is 10.2 Å². The van der Waals surface area contributed by atoms with E-state index in [2.05, 4.69) is 31.0 Å². The molecule has 5 nitrogen and oxygen atoms in total. The smallest absolute Gasteiger partial charge is 0.227 e. The number of hydrogen-bond donors (Lipinski definition) is 1. The molecule has 2 fully saturated rings. The van der Waals surface area contributed by atoms with Gasteiger partial charge in [-0.3, -0.25) is 14.5 Å². The zero-order valence-electron chi connectivity index (χ0n) is 24.5. The van der Waals surface area contributed by atoms with Crippen molar-refractivity contribution in [2.75, 3.05) is 26.2 Å². The average Bonchev–Trinajstić information content (AvgIpc) is 3.34. The van der Waals surface area contributed by atoms with E-state index in [9.17, 15) is 22.8 Å². The topological polar surface area (TPSA) is 52.7 Å². The van der Waals surface area contributed by atoms with Crippen LogP contribution in [0.2, 0.25) is 0 Å². The maximum atomic E-state index is 14.9. The number of nitrogens with one attached hydrogen (secondary N) is 1. The summed E-state index contributed by atoms with van der Waals surface area (Å²) in [5.74, 6) is -2.36. The zero-order chi connectivity index (χ0) is 29.4. The number of benzene rings is 2. The highest BCUT2D eigenvalue weighted by molar-refractivity contribution is 5.81. The first-order chi connectivity index (χ1) is 18.8. The van der Waals surface area contributed by atoms with E-state index in [-0.39, 0.29) is 41.0 Å². The fourth-order valence-electron chi connectivity index (χ4n) is 6.38. The lowest BCUT2D eigenvalue weighted by Crippen LogP contribution is -2.44. The van der Waals surface area contributed by atoms with Crippen molar-refractivity contribution in [3.05, 3.63) is 70.0 Å². The van der Waals surface area contributed by atoms with E-state index in [4.69, 9.17) is 0 Å². The van der Waals surface area contributed by atoms with Crippen molar-refractivity contribution in [1.29, 1.82) is 0 Å². The largest absolute Gasteiger partial charge is 0.350 e. The molecule has 0 saturated carbocycles.